The van der Waals surface area contributed by atoms with Crippen molar-refractivity contribution in [2.24, 2.45) is 0 Å². The van der Waals surface area contributed by atoms with Gasteiger partial charge < -0.3 is 9.64 Å². The number of nitrogens with zero attached hydrogens (tertiary/aromatic N) is 1. The van der Waals surface area contributed by atoms with E-state index in [-0.39, 0.29) is 5.91 Å². The molecule has 94 valence electrons. The Bertz CT molecular complexity index is 417. The molecule has 1 aromatic carbocycles. The minimum Gasteiger partial charge on any atom is -0.494 e. The van der Waals surface area contributed by atoms with Crippen molar-refractivity contribution in [2.75, 3.05) is 20.2 Å². The van der Waals surface area contributed by atoms with Gasteiger partial charge in [-0.3, -0.25) is 4.79 Å². The van der Waals surface area contributed by atoms with E-state index in [4.69, 9.17) is 27.9 Å². The van der Waals surface area contributed by atoms with Gasteiger partial charge in [0.25, 0.3) is 5.91 Å². The smallest absolute Gasteiger partial charge is 0.259 e. The zero-order valence-corrected chi connectivity index (χ0v) is 11.6. The predicted molar refractivity (Wildman–Crippen MR) is 70.3 cm³/mol. The minimum absolute atomic E-state index is 0.167. The quantitative estimate of drug-likeness (QED) is 0.842. The van der Waals surface area contributed by atoms with Crippen molar-refractivity contribution in [2.45, 2.75) is 13.8 Å². The SMILES string of the molecule is CCN(CC)C(=O)c1c(Cl)ccc(Cl)c1OC. The first-order valence-electron chi connectivity index (χ1n) is 5.38. The molecule has 1 amide bonds. The van der Waals surface area contributed by atoms with Crippen molar-refractivity contribution in [3.8, 4) is 5.75 Å². The summed E-state index contributed by atoms with van der Waals surface area (Å²) in [6.45, 7) is 5.04. The molecule has 0 unspecified atom stereocenters. The Morgan fingerprint density at radius 2 is 1.76 bits per heavy atom. The fraction of sp³-hybridized carbons (Fsp3) is 0.417. The minimum atomic E-state index is -0.167. The third-order valence-electron chi connectivity index (χ3n) is 2.53. The van der Waals surface area contributed by atoms with Gasteiger partial charge >= 0.3 is 0 Å². The monoisotopic (exact) mass is 275 g/mol. The number of ether oxygens (including phenoxy) is 1. The van der Waals surface area contributed by atoms with Gasteiger partial charge in [-0.25, -0.2) is 0 Å². The van der Waals surface area contributed by atoms with Gasteiger partial charge in [-0.15, -0.1) is 0 Å². The lowest BCUT2D eigenvalue weighted by molar-refractivity contribution is 0.0770. The van der Waals surface area contributed by atoms with Crippen LogP contribution in [0.4, 0.5) is 0 Å². The summed E-state index contributed by atoms with van der Waals surface area (Å²) in [5.74, 6) is 0.162. The van der Waals surface area contributed by atoms with Crippen LogP contribution in [-0.4, -0.2) is 31.0 Å². The molecule has 0 saturated heterocycles. The summed E-state index contributed by atoms with van der Waals surface area (Å²) in [7, 11) is 1.47. The maximum Gasteiger partial charge on any atom is 0.259 e. The molecule has 0 atom stereocenters. The lowest BCUT2D eigenvalue weighted by Crippen LogP contribution is -2.31. The first kappa shape index (κ1) is 14.1. The third-order valence-corrected chi connectivity index (χ3v) is 3.14. The molecule has 0 saturated carbocycles. The molecule has 0 radical (unpaired) electrons. The number of hydrogen-bond acceptors (Lipinski definition) is 2. The number of rotatable bonds is 4. The van der Waals surface area contributed by atoms with Gasteiger partial charge in [0.15, 0.2) is 5.75 Å². The van der Waals surface area contributed by atoms with Crippen LogP contribution in [0.3, 0.4) is 0 Å². The van der Waals surface area contributed by atoms with E-state index in [0.29, 0.717) is 34.4 Å². The van der Waals surface area contributed by atoms with Crippen molar-refractivity contribution in [1.29, 1.82) is 0 Å². The summed E-state index contributed by atoms with van der Waals surface area (Å²) < 4.78 is 5.15. The van der Waals surface area contributed by atoms with Crippen molar-refractivity contribution in [3.05, 3.63) is 27.7 Å². The highest BCUT2D eigenvalue weighted by molar-refractivity contribution is 6.37. The van der Waals surface area contributed by atoms with Crippen LogP contribution in [0.15, 0.2) is 12.1 Å². The molecule has 0 bridgehead atoms. The van der Waals surface area contributed by atoms with Gasteiger partial charge in [-0.2, -0.15) is 0 Å². The second-order valence-corrected chi connectivity index (χ2v) is 4.23. The third kappa shape index (κ3) is 2.85. The van der Waals surface area contributed by atoms with Gasteiger partial charge in [-0.1, -0.05) is 23.2 Å². The molecule has 1 aromatic rings. The summed E-state index contributed by atoms with van der Waals surface area (Å²) in [4.78, 5) is 13.9. The first-order chi connectivity index (χ1) is 8.06. The van der Waals surface area contributed by atoms with Gasteiger partial charge in [-0.05, 0) is 26.0 Å². The van der Waals surface area contributed by atoms with Crippen molar-refractivity contribution in [3.63, 3.8) is 0 Å². The Kier molecular flexibility index (Phi) is 5.09. The molecule has 0 aliphatic heterocycles. The van der Waals surface area contributed by atoms with E-state index in [1.807, 2.05) is 13.8 Å². The van der Waals surface area contributed by atoms with E-state index in [2.05, 4.69) is 0 Å². The summed E-state index contributed by atoms with van der Waals surface area (Å²) in [5, 5.41) is 0.732. The maximum atomic E-state index is 12.3. The van der Waals surface area contributed by atoms with Crippen LogP contribution in [0.1, 0.15) is 24.2 Å². The molecule has 5 heteroatoms. The van der Waals surface area contributed by atoms with Crippen molar-refractivity contribution in [1.82, 2.24) is 4.90 Å². The Morgan fingerprint density at radius 1 is 1.24 bits per heavy atom. The summed E-state index contributed by atoms with van der Waals surface area (Å²) in [6.07, 6.45) is 0. The molecule has 17 heavy (non-hydrogen) atoms. The number of methoxy groups -OCH3 is 1. The highest BCUT2D eigenvalue weighted by atomic mass is 35.5. The molecular formula is C12H15Cl2NO2. The molecule has 3 nitrogen and oxygen atoms in total. The van der Waals surface area contributed by atoms with Crippen molar-refractivity contribution < 1.29 is 9.53 Å². The molecule has 0 spiro atoms. The molecule has 0 N–H and O–H groups in total. The molecule has 1 rings (SSSR count). The highest BCUT2D eigenvalue weighted by Gasteiger charge is 2.22. The fourth-order valence-corrected chi connectivity index (χ4v) is 2.07. The van der Waals surface area contributed by atoms with E-state index in [1.54, 1.807) is 17.0 Å². The standard InChI is InChI=1S/C12H15Cl2NO2/c1-4-15(5-2)12(16)10-8(13)6-7-9(14)11(10)17-3/h6-7H,4-5H2,1-3H3. The van der Waals surface area contributed by atoms with Crippen LogP contribution in [0.2, 0.25) is 10.0 Å². The van der Waals surface area contributed by atoms with Crippen LogP contribution in [-0.2, 0) is 0 Å². The van der Waals surface area contributed by atoms with E-state index in [9.17, 15) is 4.79 Å². The topological polar surface area (TPSA) is 29.5 Å². The first-order valence-corrected chi connectivity index (χ1v) is 6.13. The zero-order chi connectivity index (χ0) is 13.0. The second-order valence-electron chi connectivity index (χ2n) is 3.41. The largest absolute Gasteiger partial charge is 0.494 e. The maximum absolute atomic E-state index is 12.3. The summed E-state index contributed by atoms with van der Waals surface area (Å²) in [5.41, 5.74) is 0.324. The fourth-order valence-electron chi connectivity index (χ4n) is 1.60. The van der Waals surface area contributed by atoms with Gasteiger partial charge in [0.1, 0.15) is 5.56 Å². The average molecular weight is 276 g/mol. The van der Waals surface area contributed by atoms with Crippen LogP contribution in [0, 0.1) is 0 Å². The summed E-state index contributed by atoms with van der Waals surface area (Å²) >= 11 is 12.0. The van der Waals surface area contributed by atoms with Gasteiger partial charge in [0.2, 0.25) is 0 Å². The molecular weight excluding hydrogens is 261 g/mol. The molecule has 0 fully saturated rings. The normalized spacial score (nSPS) is 10.2. The van der Waals surface area contributed by atoms with Crippen LogP contribution in [0.25, 0.3) is 0 Å². The predicted octanol–water partition coefficient (Wildman–Crippen LogP) is 3.48. The number of amides is 1. The number of carbonyl (C=O) groups excluding carboxylic acids is 1. The lowest BCUT2D eigenvalue weighted by atomic mass is 10.1. The van der Waals surface area contributed by atoms with Gasteiger partial charge in [0.05, 0.1) is 17.2 Å². The lowest BCUT2D eigenvalue weighted by Gasteiger charge is -2.21. The highest BCUT2D eigenvalue weighted by Crippen LogP contribution is 2.34. The molecule has 0 aliphatic rings. The number of halogens is 2. The second kappa shape index (κ2) is 6.12. The van der Waals surface area contributed by atoms with E-state index >= 15 is 0 Å². The average Bonchev–Trinajstić information content (AvgIpc) is 2.33. The Labute approximate surface area is 111 Å². The Balaban J connectivity index is 3.29. The van der Waals surface area contributed by atoms with Crippen LogP contribution < -0.4 is 4.74 Å². The number of hydrogen-bond donors (Lipinski definition) is 0. The number of benzene rings is 1. The Hall–Kier alpha value is -0.930. The molecule has 0 aromatic heterocycles. The van der Waals surface area contributed by atoms with Crippen molar-refractivity contribution >= 4 is 29.1 Å². The molecule has 0 heterocycles. The zero-order valence-electron chi connectivity index (χ0n) is 10.1. The van der Waals surface area contributed by atoms with E-state index in [1.165, 1.54) is 7.11 Å². The van der Waals surface area contributed by atoms with E-state index < -0.39 is 0 Å². The summed E-state index contributed by atoms with van der Waals surface area (Å²) in [6, 6.07) is 3.21. The van der Waals surface area contributed by atoms with E-state index in [0.717, 1.165) is 0 Å². The van der Waals surface area contributed by atoms with Crippen LogP contribution >= 0.6 is 23.2 Å². The Morgan fingerprint density at radius 3 is 2.24 bits per heavy atom. The molecule has 0 aliphatic carbocycles. The van der Waals surface area contributed by atoms with Crippen LogP contribution in [0.5, 0.6) is 5.75 Å². The number of carbonyl (C=O) groups is 1. The van der Waals surface area contributed by atoms with Gasteiger partial charge in [0, 0.05) is 13.1 Å².